The van der Waals surface area contributed by atoms with Crippen molar-refractivity contribution in [3.63, 3.8) is 0 Å². The molecule has 0 aromatic heterocycles. The summed E-state index contributed by atoms with van der Waals surface area (Å²) in [5.41, 5.74) is 7.95. The van der Waals surface area contributed by atoms with Gasteiger partial charge in [-0.15, -0.1) is 12.4 Å². The van der Waals surface area contributed by atoms with Gasteiger partial charge < -0.3 is 10.6 Å². The van der Waals surface area contributed by atoms with Gasteiger partial charge in [-0.1, -0.05) is 18.2 Å². The van der Waals surface area contributed by atoms with Crippen LogP contribution in [0.2, 0.25) is 0 Å². The number of benzene rings is 1. The molecule has 1 aromatic rings. The largest absolute Gasteiger partial charge is 0.320 e. The first kappa shape index (κ1) is 12.0. The average Bonchev–Trinajstić information content (AvgIpc) is 2.32. The van der Waals surface area contributed by atoms with Gasteiger partial charge in [0.1, 0.15) is 0 Å². The normalized spacial score (nSPS) is 20.3. The number of amides is 1. The van der Waals surface area contributed by atoms with E-state index in [9.17, 15) is 4.79 Å². The summed E-state index contributed by atoms with van der Waals surface area (Å²) in [7, 11) is 1.78. The second kappa shape index (κ2) is 4.64. The van der Waals surface area contributed by atoms with Crippen LogP contribution >= 0.6 is 12.4 Å². The molecule has 0 radical (unpaired) electrons. The highest BCUT2D eigenvalue weighted by molar-refractivity contribution is 5.97. The smallest absolute Gasteiger partial charge is 0.243 e. The Morgan fingerprint density at radius 3 is 2.80 bits per heavy atom. The number of nitrogens with two attached hydrogens (primary N) is 1. The summed E-state index contributed by atoms with van der Waals surface area (Å²) in [6.45, 7) is 0. The Bertz CT molecular complexity index is 367. The molecule has 1 amide bonds. The summed E-state index contributed by atoms with van der Waals surface area (Å²) < 4.78 is 0. The van der Waals surface area contributed by atoms with E-state index < -0.39 is 0 Å². The number of para-hydroxylation sites is 1. The number of halogens is 1. The Balaban J connectivity index is 0.00000112. The number of fused-ring (bicyclic) bond motifs is 1. The molecule has 82 valence electrons. The lowest BCUT2D eigenvalue weighted by atomic mass is 10.1. The lowest BCUT2D eigenvalue weighted by molar-refractivity contribution is -0.119. The van der Waals surface area contributed by atoms with Crippen molar-refractivity contribution in [1.82, 2.24) is 0 Å². The van der Waals surface area contributed by atoms with Crippen LogP contribution in [0.1, 0.15) is 12.0 Å². The standard InChI is InChI=1S/C11H14N2O.ClH/c1-13-10-5-3-2-4-8(10)6-7-9(12)11(13)14;/h2-5,9H,6-7,12H2,1H3;1H. The fourth-order valence-corrected chi connectivity index (χ4v) is 1.85. The number of carbonyl (C=O) groups is 1. The van der Waals surface area contributed by atoms with Crippen molar-refractivity contribution in [2.75, 3.05) is 11.9 Å². The first-order valence-electron chi connectivity index (χ1n) is 4.81. The summed E-state index contributed by atoms with van der Waals surface area (Å²) >= 11 is 0. The van der Waals surface area contributed by atoms with E-state index >= 15 is 0 Å². The third kappa shape index (κ3) is 2.13. The van der Waals surface area contributed by atoms with Gasteiger partial charge in [0.15, 0.2) is 0 Å². The van der Waals surface area contributed by atoms with Crippen molar-refractivity contribution in [2.45, 2.75) is 18.9 Å². The number of anilines is 1. The molecule has 15 heavy (non-hydrogen) atoms. The van der Waals surface area contributed by atoms with E-state index in [1.165, 1.54) is 5.56 Å². The molecule has 1 unspecified atom stereocenters. The Kier molecular flexibility index (Phi) is 3.72. The molecule has 1 heterocycles. The topological polar surface area (TPSA) is 46.3 Å². The van der Waals surface area contributed by atoms with Gasteiger partial charge in [-0.05, 0) is 24.5 Å². The minimum Gasteiger partial charge on any atom is -0.320 e. The molecule has 1 aliphatic heterocycles. The zero-order valence-electron chi connectivity index (χ0n) is 8.64. The van der Waals surface area contributed by atoms with Crippen molar-refractivity contribution < 1.29 is 4.79 Å². The number of aryl methyl sites for hydroxylation is 1. The molecule has 0 bridgehead atoms. The van der Waals surface area contributed by atoms with Crippen LogP contribution in [0, 0.1) is 0 Å². The Morgan fingerprint density at radius 2 is 2.07 bits per heavy atom. The van der Waals surface area contributed by atoms with Gasteiger partial charge in [0, 0.05) is 12.7 Å². The number of rotatable bonds is 0. The van der Waals surface area contributed by atoms with E-state index in [-0.39, 0.29) is 24.4 Å². The van der Waals surface area contributed by atoms with Gasteiger partial charge in [0.2, 0.25) is 5.91 Å². The highest BCUT2D eigenvalue weighted by atomic mass is 35.5. The lowest BCUT2D eigenvalue weighted by Crippen LogP contribution is -2.40. The molecular weight excluding hydrogens is 212 g/mol. The van der Waals surface area contributed by atoms with Crippen LogP contribution in [-0.4, -0.2) is 19.0 Å². The Hall–Kier alpha value is -1.06. The third-order valence-corrected chi connectivity index (χ3v) is 2.73. The highest BCUT2D eigenvalue weighted by Gasteiger charge is 2.24. The number of carbonyl (C=O) groups excluding carboxylic acids is 1. The van der Waals surface area contributed by atoms with Crippen LogP contribution in [-0.2, 0) is 11.2 Å². The fourth-order valence-electron chi connectivity index (χ4n) is 1.85. The van der Waals surface area contributed by atoms with Crippen LogP contribution in [0.15, 0.2) is 24.3 Å². The van der Waals surface area contributed by atoms with E-state index in [2.05, 4.69) is 6.07 Å². The van der Waals surface area contributed by atoms with Crippen LogP contribution in [0.5, 0.6) is 0 Å². The second-order valence-corrected chi connectivity index (χ2v) is 3.67. The lowest BCUT2D eigenvalue weighted by Gasteiger charge is -2.18. The predicted molar refractivity (Wildman–Crippen MR) is 63.4 cm³/mol. The Morgan fingerprint density at radius 1 is 1.40 bits per heavy atom. The molecule has 0 saturated heterocycles. The first-order chi connectivity index (χ1) is 6.70. The minimum absolute atomic E-state index is 0. The van der Waals surface area contributed by atoms with Crippen LogP contribution in [0.4, 0.5) is 5.69 Å². The Labute approximate surface area is 95.7 Å². The molecule has 1 aliphatic rings. The predicted octanol–water partition coefficient (Wildman–Crippen LogP) is 1.34. The van der Waals surface area contributed by atoms with Gasteiger partial charge in [-0.2, -0.15) is 0 Å². The van der Waals surface area contributed by atoms with E-state index in [1.54, 1.807) is 11.9 Å². The van der Waals surface area contributed by atoms with Crippen molar-refractivity contribution in [3.05, 3.63) is 29.8 Å². The van der Waals surface area contributed by atoms with E-state index in [0.717, 1.165) is 18.5 Å². The molecule has 3 nitrogen and oxygen atoms in total. The molecule has 1 aromatic carbocycles. The molecular formula is C11H15ClN2O. The number of hydrogen-bond acceptors (Lipinski definition) is 2. The quantitative estimate of drug-likeness (QED) is 0.726. The first-order valence-corrected chi connectivity index (χ1v) is 4.81. The molecule has 0 saturated carbocycles. The van der Waals surface area contributed by atoms with Crippen LogP contribution in [0.3, 0.4) is 0 Å². The zero-order chi connectivity index (χ0) is 10.1. The maximum atomic E-state index is 11.7. The van der Waals surface area contributed by atoms with E-state index in [0.29, 0.717) is 0 Å². The third-order valence-electron chi connectivity index (χ3n) is 2.73. The van der Waals surface area contributed by atoms with Crippen molar-refractivity contribution >= 4 is 24.0 Å². The molecule has 2 N–H and O–H groups in total. The second-order valence-electron chi connectivity index (χ2n) is 3.67. The molecule has 1 atom stereocenters. The minimum atomic E-state index is -0.354. The van der Waals surface area contributed by atoms with E-state index in [4.69, 9.17) is 5.73 Å². The molecule has 2 rings (SSSR count). The van der Waals surface area contributed by atoms with Crippen molar-refractivity contribution in [3.8, 4) is 0 Å². The maximum Gasteiger partial charge on any atom is 0.243 e. The highest BCUT2D eigenvalue weighted by Crippen LogP contribution is 2.24. The van der Waals surface area contributed by atoms with Gasteiger partial charge in [0.05, 0.1) is 6.04 Å². The average molecular weight is 227 g/mol. The molecule has 0 fully saturated rings. The maximum absolute atomic E-state index is 11.7. The van der Waals surface area contributed by atoms with Crippen LogP contribution in [0.25, 0.3) is 0 Å². The molecule has 0 aliphatic carbocycles. The van der Waals surface area contributed by atoms with Crippen molar-refractivity contribution in [2.24, 2.45) is 5.73 Å². The SMILES string of the molecule is CN1C(=O)C(N)CCc2ccccc21.Cl. The summed E-state index contributed by atoms with van der Waals surface area (Å²) in [6, 6.07) is 7.60. The van der Waals surface area contributed by atoms with E-state index in [1.807, 2.05) is 18.2 Å². The number of nitrogens with zero attached hydrogens (tertiary/aromatic N) is 1. The summed E-state index contributed by atoms with van der Waals surface area (Å²) in [5, 5.41) is 0. The van der Waals surface area contributed by atoms with Gasteiger partial charge in [0.25, 0.3) is 0 Å². The number of hydrogen-bond donors (Lipinski definition) is 1. The fraction of sp³-hybridized carbons (Fsp3) is 0.364. The van der Waals surface area contributed by atoms with Gasteiger partial charge >= 0.3 is 0 Å². The summed E-state index contributed by atoms with van der Waals surface area (Å²) in [4.78, 5) is 13.4. The molecule has 0 spiro atoms. The summed E-state index contributed by atoms with van der Waals surface area (Å²) in [5.74, 6) is 0.00921. The van der Waals surface area contributed by atoms with Gasteiger partial charge in [-0.25, -0.2) is 0 Å². The summed E-state index contributed by atoms with van der Waals surface area (Å²) in [6.07, 6.45) is 1.62. The molecule has 4 heteroatoms. The van der Waals surface area contributed by atoms with Crippen molar-refractivity contribution in [1.29, 1.82) is 0 Å². The van der Waals surface area contributed by atoms with Gasteiger partial charge in [-0.3, -0.25) is 4.79 Å². The van der Waals surface area contributed by atoms with Crippen LogP contribution < -0.4 is 10.6 Å². The number of likely N-dealkylation sites (N-methyl/N-ethyl adjacent to an activating group) is 1. The monoisotopic (exact) mass is 226 g/mol. The zero-order valence-corrected chi connectivity index (χ0v) is 9.46.